The van der Waals surface area contributed by atoms with E-state index in [2.05, 4.69) is 29.5 Å². The zero-order chi connectivity index (χ0) is 12.5. The third-order valence-corrected chi connectivity index (χ3v) is 3.37. The fourth-order valence-electron chi connectivity index (χ4n) is 2.06. The average Bonchev–Trinajstić information content (AvgIpc) is 3.12. The second kappa shape index (κ2) is 4.35. The summed E-state index contributed by atoms with van der Waals surface area (Å²) in [6.07, 6.45) is 5.73. The Kier molecular flexibility index (Phi) is 3.05. The van der Waals surface area contributed by atoms with Crippen molar-refractivity contribution in [3.05, 3.63) is 24.0 Å². The smallest absolute Gasteiger partial charge is 0.253 e. The van der Waals surface area contributed by atoms with Crippen LogP contribution in [0.1, 0.15) is 37.0 Å². The highest BCUT2D eigenvalue weighted by Gasteiger charge is 2.39. The van der Waals surface area contributed by atoms with Crippen molar-refractivity contribution in [1.29, 1.82) is 0 Å². The first-order chi connectivity index (χ1) is 8.04. The van der Waals surface area contributed by atoms with Gasteiger partial charge < -0.3 is 10.6 Å². The third-order valence-electron chi connectivity index (χ3n) is 3.37. The summed E-state index contributed by atoms with van der Waals surface area (Å²) >= 11 is 0. The van der Waals surface area contributed by atoms with Gasteiger partial charge in [0.2, 0.25) is 0 Å². The van der Waals surface area contributed by atoms with Crippen LogP contribution in [0.25, 0.3) is 0 Å². The predicted molar refractivity (Wildman–Crippen MR) is 68.1 cm³/mol. The first kappa shape index (κ1) is 11.9. The number of hydrogen-bond donors (Lipinski definition) is 2. The van der Waals surface area contributed by atoms with Crippen LogP contribution in [0, 0.1) is 5.92 Å². The number of rotatable bonds is 4. The Morgan fingerprint density at radius 3 is 2.76 bits per heavy atom. The van der Waals surface area contributed by atoms with Crippen molar-refractivity contribution in [1.82, 2.24) is 10.3 Å². The molecule has 2 rings (SSSR count). The van der Waals surface area contributed by atoms with Gasteiger partial charge in [0.25, 0.3) is 5.91 Å². The van der Waals surface area contributed by atoms with E-state index in [0.717, 1.165) is 5.69 Å². The molecule has 0 saturated heterocycles. The van der Waals surface area contributed by atoms with Gasteiger partial charge in [-0.15, -0.1) is 0 Å². The molecule has 4 heteroatoms. The summed E-state index contributed by atoms with van der Waals surface area (Å²) in [5.74, 6) is 0.583. The molecule has 1 saturated carbocycles. The molecule has 1 heterocycles. The molecule has 0 bridgehead atoms. The molecule has 0 spiro atoms. The number of hydrogen-bond acceptors (Lipinski definition) is 3. The van der Waals surface area contributed by atoms with Gasteiger partial charge in [0.1, 0.15) is 0 Å². The van der Waals surface area contributed by atoms with E-state index < -0.39 is 0 Å². The Bertz CT molecular complexity index is 424. The van der Waals surface area contributed by atoms with Crippen LogP contribution in [-0.2, 0) is 0 Å². The molecule has 1 aromatic heterocycles. The van der Waals surface area contributed by atoms with Crippen molar-refractivity contribution >= 4 is 11.6 Å². The zero-order valence-electron chi connectivity index (χ0n) is 10.6. The Labute approximate surface area is 102 Å². The summed E-state index contributed by atoms with van der Waals surface area (Å²) in [5, 5.41) is 6.09. The van der Waals surface area contributed by atoms with E-state index in [0.29, 0.717) is 11.5 Å². The number of carbonyl (C=O) groups is 1. The lowest BCUT2D eigenvalue weighted by Gasteiger charge is -2.26. The fraction of sp³-hybridized carbons (Fsp3) is 0.538. The molecular weight excluding hydrogens is 214 g/mol. The molecule has 92 valence electrons. The van der Waals surface area contributed by atoms with Crippen LogP contribution in [-0.4, -0.2) is 23.5 Å². The van der Waals surface area contributed by atoms with Gasteiger partial charge in [-0.1, -0.05) is 0 Å². The summed E-state index contributed by atoms with van der Waals surface area (Å²) in [6.45, 7) is 4.17. The van der Waals surface area contributed by atoms with E-state index >= 15 is 0 Å². The molecule has 2 N–H and O–H groups in total. The highest BCUT2D eigenvalue weighted by molar-refractivity contribution is 5.99. The number of aromatic nitrogens is 1. The van der Waals surface area contributed by atoms with Gasteiger partial charge in [0, 0.05) is 18.8 Å². The van der Waals surface area contributed by atoms with E-state index in [9.17, 15) is 4.79 Å². The summed E-state index contributed by atoms with van der Waals surface area (Å²) in [6, 6.07) is 1.74. The lowest BCUT2D eigenvalue weighted by atomic mass is 9.98. The molecule has 0 aromatic carbocycles. The van der Waals surface area contributed by atoms with E-state index in [1.807, 2.05) is 0 Å². The van der Waals surface area contributed by atoms with Gasteiger partial charge in [0.15, 0.2) is 0 Å². The standard InChI is InChI=1S/C13H19N3O/c1-13(2,9-4-5-9)16-12(17)10-6-7-15-8-11(10)14-3/h6-9,14H,4-5H2,1-3H3,(H,16,17). The largest absolute Gasteiger partial charge is 0.386 e. The number of amides is 1. The molecule has 1 aliphatic carbocycles. The minimum absolute atomic E-state index is 0.0337. The van der Waals surface area contributed by atoms with Crippen LogP contribution in [0.3, 0.4) is 0 Å². The van der Waals surface area contributed by atoms with E-state index in [-0.39, 0.29) is 11.4 Å². The van der Waals surface area contributed by atoms with Crippen LogP contribution in [0.4, 0.5) is 5.69 Å². The van der Waals surface area contributed by atoms with Crippen molar-refractivity contribution in [2.24, 2.45) is 5.92 Å². The molecule has 1 fully saturated rings. The van der Waals surface area contributed by atoms with Crippen molar-refractivity contribution < 1.29 is 4.79 Å². The summed E-state index contributed by atoms with van der Waals surface area (Å²) in [4.78, 5) is 16.2. The summed E-state index contributed by atoms with van der Waals surface area (Å²) in [5.41, 5.74) is 1.29. The highest BCUT2D eigenvalue weighted by atomic mass is 16.1. The Hall–Kier alpha value is -1.58. The Morgan fingerprint density at radius 1 is 1.47 bits per heavy atom. The van der Waals surface area contributed by atoms with E-state index in [4.69, 9.17) is 0 Å². The van der Waals surface area contributed by atoms with Crippen LogP contribution >= 0.6 is 0 Å². The second-order valence-electron chi connectivity index (χ2n) is 5.12. The molecule has 0 unspecified atom stereocenters. The van der Waals surface area contributed by atoms with Gasteiger partial charge >= 0.3 is 0 Å². The number of anilines is 1. The monoisotopic (exact) mass is 233 g/mol. The first-order valence-electron chi connectivity index (χ1n) is 5.99. The molecule has 1 aliphatic rings. The topological polar surface area (TPSA) is 54.0 Å². The quantitative estimate of drug-likeness (QED) is 0.836. The first-order valence-corrected chi connectivity index (χ1v) is 5.99. The average molecular weight is 233 g/mol. The number of pyridine rings is 1. The van der Waals surface area contributed by atoms with Crippen LogP contribution in [0.5, 0.6) is 0 Å². The van der Waals surface area contributed by atoms with Crippen molar-refractivity contribution in [2.45, 2.75) is 32.2 Å². The minimum Gasteiger partial charge on any atom is -0.386 e. The number of nitrogens with zero attached hydrogens (tertiary/aromatic N) is 1. The van der Waals surface area contributed by atoms with Gasteiger partial charge in [-0.05, 0) is 38.7 Å². The molecule has 0 atom stereocenters. The maximum Gasteiger partial charge on any atom is 0.253 e. The lowest BCUT2D eigenvalue weighted by Crippen LogP contribution is -2.45. The molecule has 17 heavy (non-hydrogen) atoms. The summed E-state index contributed by atoms with van der Waals surface area (Å²) in [7, 11) is 1.79. The van der Waals surface area contributed by atoms with Crippen LogP contribution < -0.4 is 10.6 Å². The fourth-order valence-corrected chi connectivity index (χ4v) is 2.06. The van der Waals surface area contributed by atoms with Gasteiger partial charge in [-0.2, -0.15) is 0 Å². The number of nitrogens with one attached hydrogen (secondary N) is 2. The lowest BCUT2D eigenvalue weighted by molar-refractivity contribution is 0.0904. The Balaban J connectivity index is 2.14. The molecule has 1 amide bonds. The van der Waals surface area contributed by atoms with Crippen LogP contribution in [0.15, 0.2) is 18.5 Å². The Morgan fingerprint density at radius 2 is 2.18 bits per heavy atom. The maximum absolute atomic E-state index is 12.2. The van der Waals surface area contributed by atoms with Gasteiger partial charge in [-0.25, -0.2) is 0 Å². The van der Waals surface area contributed by atoms with Gasteiger partial charge in [-0.3, -0.25) is 9.78 Å². The maximum atomic E-state index is 12.2. The molecular formula is C13H19N3O. The van der Waals surface area contributed by atoms with E-state index in [1.54, 1.807) is 25.5 Å². The minimum atomic E-state index is -0.120. The van der Waals surface area contributed by atoms with Crippen molar-refractivity contribution in [2.75, 3.05) is 12.4 Å². The highest BCUT2D eigenvalue weighted by Crippen LogP contribution is 2.39. The third kappa shape index (κ3) is 2.57. The number of carbonyl (C=O) groups excluding carboxylic acids is 1. The molecule has 1 aromatic rings. The molecule has 4 nitrogen and oxygen atoms in total. The second-order valence-corrected chi connectivity index (χ2v) is 5.12. The normalized spacial score (nSPS) is 15.5. The summed E-state index contributed by atoms with van der Waals surface area (Å²) < 4.78 is 0. The molecule has 0 aliphatic heterocycles. The molecule has 0 radical (unpaired) electrons. The van der Waals surface area contributed by atoms with Crippen molar-refractivity contribution in [3.8, 4) is 0 Å². The zero-order valence-corrected chi connectivity index (χ0v) is 10.6. The SMILES string of the molecule is CNc1cnccc1C(=O)NC(C)(C)C1CC1. The van der Waals surface area contributed by atoms with Crippen molar-refractivity contribution in [3.63, 3.8) is 0 Å². The van der Waals surface area contributed by atoms with Gasteiger partial charge in [0.05, 0.1) is 17.4 Å². The van der Waals surface area contributed by atoms with E-state index in [1.165, 1.54) is 12.8 Å². The van der Waals surface area contributed by atoms with Crippen LogP contribution in [0.2, 0.25) is 0 Å². The predicted octanol–water partition coefficient (Wildman–Crippen LogP) is 2.04.